The lowest BCUT2D eigenvalue weighted by Crippen LogP contribution is -2.25. The summed E-state index contributed by atoms with van der Waals surface area (Å²) in [5.74, 6) is 0. The molecule has 0 fully saturated rings. The van der Waals surface area contributed by atoms with Crippen molar-refractivity contribution in [1.29, 1.82) is 0 Å². The molecule has 2 heteroatoms. The zero-order chi connectivity index (χ0) is 29.1. The molecule has 0 unspecified atom stereocenters. The van der Waals surface area contributed by atoms with Gasteiger partial charge in [-0.2, -0.15) is 0 Å². The summed E-state index contributed by atoms with van der Waals surface area (Å²) < 4.78 is 0. The monoisotopic (exact) mass is 550 g/mol. The van der Waals surface area contributed by atoms with Gasteiger partial charge in [0.1, 0.15) is 0 Å². The Bertz CT molecular complexity index is 1130. The maximum absolute atomic E-state index is 2.56. The van der Waals surface area contributed by atoms with Crippen LogP contribution in [-0.4, -0.2) is 26.2 Å². The Balaban J connectivity index is 1.56. The van der Waals surface area contributed by atoms with Crippen molar-refractivity contribution in [3.05, 3.63) is 95.1 Å². The van der Waals surface area contributed by atoms with E-state index < -0.39 is 0 Å². The summed E-state index contributed by atoms with van der Waals surface area (Å²) in [6, 6.07) is 26.9. The van der Waals surface area contributed by atoms with Gasteiger partial charge in [0, 0.05) is 37.6 Å². The van der Waals surface area contributed by atoms with Crippen molar-refractivity contribution >= 4 is 35.7 Å². The van der Waals surface area contributed by atoms with Gasteiger partial charge in [-0.1, -0.05) is 133 Å². The van der Waals surface area contributed by atoms with Crippen LogP contribution in [0.1, 0.15) is 108 Å². The highest BCUT2D eigenvalue weighted by Crippen LogP contribution is 2.21. The standard InChI is InChI=1S/C39H54N2/c1-5-9-13-33-41(32-12-8-4)39-28-24-37(25-29-39)21-19-35-16-14-34(15-17-35)18-20-36-22-26-38(27-23-36)40(30-10-6-2)31-11-7-3/h14-29H,5-13,30-33H2,1-4H3/b20-18+,21-19+. The Hall–Kier alpha value is -3.26. The second kappa shape index (κ2) is 19.0. The summed E-state index contributed by atoms with van der Waals surface area (Å²) in [6.45, 7) is 13.7. The van der Waals surface area contributed by atoms with Crippen LogP contribution in [0.2, 0.25) is 0 Å². The lowest BCUT2D eigenvalue weighted by molar-refractivity contribution is 0.653. The smallest absolute Gasteiger partial charge is 0.0366 e. The normalized spacial score (nSPS) is 11.5. The molecule has 0 aliphatic carbocycles. The molecule has 0 saturated heterocycles. The van der Waals surface area contributed by atoms with E-state index >= 15 is 0 Å². The predicted molar refractivity (Wildman–Crippen MR) is 186 cm³/mol. The number of hydrogen-bond donors (Lipinski definition) is 0. The molecule has 0 atom stereocenters. The maximum atomic E-state index is 2.56. The molecule has 3 aromatic carbocycles. The third-order valence-electron chi connectivity index (χ3n) is 7.77. The molecule has 41 heavy (non-hydrogen) atoms. The topological polar surface area (TPSA) is 6.48 Å². The molecular weight excluding hydrogens is 496 g/mol. The first-order valence-corrected chi connectivity index (χ1v) is 16.3. The summed E-state index contributed by atoms with van der Waals surface area (Å²) in [7, 11) is 0. The molecule has 0 N–H and O–H groups in total. The largest absolute Gasteiger partial charge is 0.372 e. The second-order valence-corrected chi connectivity index (χ2v) is 11.3. The molecule has 0 amide bonds. The third-order valence-corrected chi connectivity index (χ3v) is 7.77. The summed E-state index contributed by atoms with van der Waals surface area (Å²) in [5.41, 5.74) is 7.62. The second-order valence-electron chi connectivity index (χ2n) is 11.3. The first-order chi connectivity index (χ1) is 20.2. The Kier molecular flexibility index (Phi) is 14.9. The van der Waals surface area contributed by atoms with E-state index in [2.05, 4.69) is 135 Å². The number of anilines is 2. The number of rotatable bonds is 19. The van der Waals surface area contributed by atoms with Gasteiger partial charge in [0.15, 0.2) is 0 Å². The lowest BCUT2D eigenvalue weighted by atomic mass is 10.1. The van der Waals surface area contributed by atoms with E-state index in [4.69, 9.17) is 0 Å². The van der Waals surface area contributed by atoms with Gasteiger partial charge in [0.05, 0.1) is 0 Å². The van der Waals surface area contributed by atoms with Gasteiger partial charge < -0.3 is 9.80 Å². The van der Waals surface area contributed by atoms with Crippen LogP contribution in [0, 0.1) is 0 Å². The zero-order valence-electron chi connectivity index (χ0n) is 26.3. The highest BCUT2D eigenvalue weighted by Gasteiger charge is 2.06. The minimum atomic E-state index is 1.15. The first-order valence-electron chi connectivity index (χ1n) is 16.3. The van der Waals surface area contributed by atoms with Crippen LogP contribution in [0.5, 0.6) is 0 Å². The molecule has 3 aromatic rings. The van der Waals surface area contributed by atoms with Crippen molar-refractivity contribution in [1.82, 2.24) is 0 Å². The number of unbranched alkanes of at least 4 members (excludes halogenated alkanes) is 5. The summed E-state index contributed by atoms with van der Waals surface area (Å²) in [6.07, 6.45) is 20.2. The fourth-order valence-corrected chi connectivity index (χ4v) is 5.04. The van der Waals surface area contributed by atoms with Crippen LogP contribution in [0.25, 0.3) is 24.3 Å². The highest BCUT2D eigenvalue weighted by molar-refractivity contribution is 5.74. The van der Waals surface area contributed by atoms with Crippen LogP contribution in [0.3, 0.4) is 0 Å². The van der Waals surface area contributed by atoms with Crippen molar-refractivity contribution < 1.29 is 0 Å². The molecule has 0 heterocycles. The minimum absolute atomic E-state index is 1.15. The van der Waals surface area contributed by atoms with Gasteiger partial charge >= 0.3 is 0 Å². The van der Waals surface area contributed by atoms with Gasteiger partial charge in [-0.3, -0.25) is 0 Å². The Morgan fingerprint density at radius 3 is 0.927 bits per heavy atom. The Morgan fingerprint density at radius 2 is 0.634 bits per heavy atom. The molecule has 0 radical (unpaired) electrons. The van der Waals surface area contributed by atoms with Crippen molar-refractivity contribution in [2.75, 3.05) is 36.0 Å². The van der Waals surface area contributed by atoms with E-state index in [1.165, 1.54) is 91.4 Å². The Labute approximate surface area is 251 Å². The van der Waals surface area contributed by atoms with E-state index in [0.29, 0.717) is 0 Å². The fourth-order valence-electron chi connectivity index (χ4n) is 5.04. The molecule has 0 saturated carbocycles. The molecule has 0 aliphatic rings. The van der Waals surface area contributed by atoms with Crippen molar-refractivity contribution in [2.24, 2.45) is 0 Å². The molecule has 3 rings (SSSR count). The summed E-state index contributed by atoms with van der Waals surface area (Å²) in [5, 5.41) is 0. The van der Waals surface area contributed by atoms with Gasteiger partial charge in [0.25, 0.3) is 0 Å². The van der Waals surface area contributed by atoms with E-state index in [1.807, 2.05) is 0 Å². The average molecular weight is 551 g/mol. The Morgan fingerprint density at radius 1 is 0.366 bits per heavy atom. The van der Waals surface area contributed by atoms with E-state index in [1.54, 1.807) is 0 Å². The van der Waals surface area contributed by atoms with E-state index in [0.717, 1.165) is 26.2 Å². The van der Waals surface area contributed by atoms with Crippen LogP contribution >= 0.6 is 0 Å². The first kappa shape index (κ1) is 32.3. The van der Waals surface area contributed by atoms with E-state index in [-0.39, 0.29) is 0 Å². The van der Waals surface area contributed by atoms with Gasteiger partial charge in [-0.05, 0) is 72.2 Å². The molecule has 2 nitrogen and oxygen atoms in total. The van der Waals surface area contributed by atoms with Crippen molar-refractivity contribution in [2.45, 2.75) is 85.5 Å². The zero-order valence-corrected chi connectivity index (χ0v) is 26.3. The van der Waals surface area contributed by atoms with Crippen LogP contribution in [0.15, 0.2) is 72.8 Å². The third kappa shape index (κ3) is 11.6. The van der Waals surface area contributed by atoms with Gasteiger partial charge in [-0.15, -0.1) is 0 Å². The molecule has 220 valence electrons. The molecule has 0 spiro atoms. The maximum Gasteiger partial charge on any atom is 0.0366 e. The van der Waals surface area contributed by atoms with E-state index in [9.17, 15) is 0 Å². The molecular formula is C39H54N2. The van der Waals surface area contributed by atoms with Crippen molar-refractivity contribution in [3.63, 3.8) is 0 Å². The van der Waals surface area contributed by atoms with Crippen LogP contribution < -0.4 is 9.80 Å². The van der Waals surface area contributed by atoms with Gasteiger partial charge in [-0.25, -0.2) is 0 Å². The summed E-state index contributed by atoms with van der Waals surface area (Å²) in [4.78, 5) is 5.10. The SMILES string of the molecule is CCCCCN(CCCC)c1ccc(/C=C/c2ccc(/C=C/c3ccc(N(CCCC)CCCC)cc3)cc2)cc1. The fraction of sp³-hybridized carbons (Fsp3) is 0.436. The molecule has 0 bridgehead atoms. The quantitative estimate of drug-likeness (QED) is 0.108. The lowest BCUT2D eigenvalue weighted by Gasteiger charge is -2.25. The van der Waals surface area contributed by atoms with Crippen LogP contribution in [0.4, 0.5) is 11.4 Å². The number of nitrogens with zero attached hydrogens (tertiary/aromatic N) is 2. The minimum Gasteiger partial charge on any atom is -0.372 e. The van der Waals surface area contributed by atoms with Crippen molar-refractivity contribution in [3.8, 4) is 0 Å². The summed E-state index contributed by atoms with van der Waals surface area (Å²) >= 11 is 0. The number of hydrogen-bond acceptors (Lipinski definition) is 2. The molecule has 0 aromatic heterocycles. The van der Waals surface area contributed by atoms with Gasteiger partial charge in [0.2, 0.25) is 0 Å². The molecule has 0 aliphatic heterocycles. The number of benzene rings is 3. The predicted octanol–water partition coefficient (Wildman–Crippen LogP) is 11.2. The average Bonchev–Trinajstić information content (AvgIpc) is 3.02. The highest BCUT2D eigenvalue weighted by atomic mass is 15.1. The van der Waals surface area contributed by atoms with Crippen LogP contribution in [-0.2, 0) is 0 Å².